The summed E-state index contributed by atoms with van der Waals surface area (Å²) >= 11 is 0. The Hall–Kier alpha value is -0.610. The van der Waals surface area contributed by atoms with E-state index in [0.717, 1.165) is 19.1 Å². The van der Waals surface area contributed by atoms with Crippen LogP contribution in [0.3, 0.4) is 0 Å². The molecule has 4 heteroatoms. The number of likely N-dealkylation sites (tertiary alicyclic amines) is 1. The van der Waals surface area contributed by atoms with E-state index in [1.165, 1.54) is 32.4 Å². The first-order valence-electron chi connectivity index (χ1n) is 6.87. The van der Waals surface area contributed by atoms with Gasteiger partial charge in [0.1, 0.15) is 0 Å². The van der Waals surface area contributed by atoms with Gasteiger partial charge in [-0.3, -0.25) is 4.79 Å². The van der Waals surface area contributed by atoms with Gasteiger partial charge in [0.2, 0.25) is 5.91 Å². The Morgan fingerprint density at radius 1 is 1.41 bits per heavy atom. The van der Waals surface area contributed by atoms with Crippen LogP contribution in [0.4, 0.5) is 0 Å². The van der Waals surface area contributed by atoms with E-state index in [2.05, 4.69) is 15.5 Å². The van der Waals surface area contributed by atoms with E-state index >= 15 is 0 Å². The number of nitrogens with zero attached hydrogens (tertiary/aromatic N) is 1. The van der Waals surface area contributed by atoms with E-state index in [1.54, 1.807) is 0 Å². The molecule has 1 heterocycles. The molecule has 1 amide bonds. The van der Waals surface area contributed by atoms with Gasteiger partial charge >= 0.3 is 0 Å². The van der Waals surface area contributed by atoms with Crippen molar-refractivity contribution in [3.05, 3.63) is 0 Å². The molecule has 1 saturated carbocycles. The maximum Gasteiger partial charge on any atom is 0.224 e. The molecule has 1 aliphatic heterocycles. The smallest absolute Gasteiger partial charge is 0.224 e. The number of carbonyl (C=O) groups is 1. The van der Waals surface area contributed by atoms with Gasteiger partial charge in [0.15, 0.2) is 0 Å². The largest absolute Gasteiger partial charge is 0.356 e. The van der Waals surface area contributed by atoms with Crippen molar-refractivity contribution in [3.63, 3.8) is 0 Å². The predicted octanol–water partition coefficient (Wildman–Crippen LogP) is 0.442. The van der Waals surface area contributed by atoms with E-state index in [-0.39, 0.29) is 11.8 Å². The summed E-state index contributed by atoms with van der Waals surface area (Å²) in [5.74, 6) is 0.923. The lowest BCUT2D eigenvalue weighted by Crippen LogP contribution is -2.37. The second kappa shape index (κ2) is 5.83. The highest BCUT2D eigenvalue weighted by atomic mass is 16.1. The molecule has 0 spiro atoms. The van der Waals surface area contributed by atoms with Crippen LogP contribution >= 0.6 is 0 Å². The van der Waals surface area contributed by atoms with Crippen LogP contribution in [0, 0.1) is 11.8 Å². The Morgan fingerprint density at radius 3 is 2.82 bits per heavy atom. The number of amides is 1. The van der Waals surface area contributed by atoms with Gasteiger partial charge in [-0.25, -0.2) is 0 Å². The van der Waals surface area contributed by atoms with Crippen molar-refractivity contribution < 1.29 is 4.79 Å². The normalized spacial score (nSPS) is 27.1. The Balaban J connectivity index is 1.63. The molecular formula is C13H25N3O. The summed E-state index contributed by atoms with van der Waals surface area (Å²) < 4.78 is 0. The van der Waals surface area contributed by atoms with Gasteiger partial charge in [0.25, 0.3) is 0 Å². The number of carbonyl (C=O) groups excluding carboxylic acids is 1. The molecule has 2 unspecified atom stereocenters. The summed E-state index contributed by atoms with van der Waals surface area (Å²) in [4.78, 5) is 14.3. The summed E-state index contributed by atoms with van der Waals surface area (Å²) in [6.07, 6.45) is 4.02. The van der Waals surface area contributed by atoms with E-state index in [9.17, 15) is 4.79 Å². The molecule has 2 aliphatic rings. The van der Waals surface area contributed by atoms with Crippen molar-refractivity contribution >= 4 is 5.91 Å². The second-order valence-electron chi connectivity index (χ2n) is 5.58. The zero-order valence-corrected chi connectivity index (χ0v) is 11.0. The summed E-state index contributed by atoms with van der Waals surface area (Å²) in [5.41, 5.74) is 0. The topological polar surface area (TPSA) is 44.4 Å². The molecule has 0 radical (unpaired) electrons. The Bertz CT molecular complexity index is 265. The van der Waals surface area contributed by atoms with Crippen LogP contribution in [0.25, 0.3) is 0 Å². The van der Waals surface area contributed by atoms with Gasteiger partial charge in [-0.1, -0.05) is 6.92 Å². The quantitative estimate of drug-likeness (QED) is 0.707. The van der Waals surface area contributed by atoms with E-state index in [4.69, 9.17) is 0 Å². The van der Waals surface area contributed by atoms with Crippen molar-refractivity contribution in [1.82, 2.24) is 15.5 Å². The maximum absolute atomic E-state index is 11.8. The van der Waals surface area contributed by atoms with Crippen LogP contribution < -0.4 is 10.6 Å². The molecule has 0 bridgehead atoms. The maximum atomic E-state index is 11.8. The fraction of sp³-hybridized carbons (Fsp3) is 0.923. The second-order valence-corrected chi connectivity index (χ2v) is 5.58. The zero-order chi connectivity index (χ0) is 12.3. The molecule has 2 fully saturated rings. The molecule has 2 atom stereocenters. The lowest BCUT2D eigenvalue weighted by atomic mass is 10.1. The van der Waals surface area contributed by atoms with Crippen molar-refractivity contribution in [3.8, 4) is 0 Å². The molecule has 98 valence electrons. The van der Waals surface area contributed by atoms with Crippen molar-refractivity contribution in [2.24, 2.45) is 11.8 Å². The number of hydrogen-bond acceptors (Lipinski definition) is 3. The lowest BCUT2D eigenvalue weighted by molar-refractivity contribution is -0.124. The number of hydrogen-bond donors (Lipinski definition) is 2. The van der Waals surface area contributed by atoms with E-state index < -0.39 is 0 Å². The Morgan fingerprint density at radius 2 is 2.18 bits per heavy atom. The molecule has 0 aromatic heterocycles. The van der Waals surface area contributed by atoms with Gasteiger partial charge in [-0.15, -0.1) is 0 Å². The van der Waals surface area contributed by atoms with Crippen LogP contribution in [-0.2, 0) is 4.79 Å². The summed E-state index contributed by atoms with van der Waals surface area (Å²) in [5, 5.41) is 6.12. The molecule has 2 rings (SSSR count). The van der Waals surface area contributed by atoms with Crippen molar-refractivity contribution in [2.75, 3.05) is 33.2 Å². The van der Waals surface area contributed by atoms with Crippen LogP contribution in [0.5, 0.6) is 0 Å². The number of rotatable bonds is 6. The molecular weight excluding hydrogens is 214 g/mol. The summed E-state index contributed by atoms with van der Waals surface area (Å²) in [6.45, 7) is 6.00. The standard InChI is InChI=1S/C13H25N3O/c1-10(7-14-2)13(17)15-8-11-5-6-16(9-11)12-3-4-12/h10-12,14H,3-9H2,1-2H3,(H,15,17). The van der Waals surface area contributed by atoms with Gasteiger partial charge in [-0.05, 0) is 38.8 Å². The highest BCUT2D eigenvalue weighted by Gasteiger charge is 2.34. The van der Waals surface area contributed by atoms with E-state index in [0.29, 0.717) is 5.92 Å². The molecule has 0 aromatic carbocycles. The minimum absolute atomic E-state index is 0.0703. The molecule has 1 saturated heterocycles. The third-order valence-corrected chi connectivity index (χ3v) is 3.90. The lowest BCUT2D eigenvalue weighted by Gasteiger charge is -2.16. The van der Waals surface area contributed by atoms with Crippen molar-refractivity contribution in [2.45, 2.75) is 32.2 Å². The molecule has 1 aliphatic carbocycles. The highest BCUT2D eigenvalue weighted by molar-refractivity contribution is 5.78. The minimum Gasteiger partial charge on any atom is -0.356 e. The average Bonchev–Trinajstić information content (AvgIpc) is 3.06. The Kier molecular flexibility index (Phi) is 4.40. The van der Waals surface area contributed by atoms with Crippen LogP contribution in [-0.4, -0.2) is 50.1 Å². The van der Waals surface area contributed by atoms with Crippen LogP contribution in [0.15, 0.2) is 0 Å². The van der Waals surface area contributed by atoms with Gasteiger partial charge < -0.3 is 15.5 Å². The minimum atomic E-state index is 0.0703. The third kappa shape index (κ3) is 3.68. The third-order valence-electron chi connectivity index (χ3n) is 3.90. The fourth-order valence-electron chi connectivity index (χ4n) is 2.62. The average molecular weight is 239 g/mol. The van der Waals surface area contributed by atoms with Crippen LogP contribution in [0.2, 0.25) is 0 Å². The SMILES string of the molecule is CNCC(C)C(=O)NCC1CCN(C2CC2)C1. The van der Waals surface area contributed by atoms with Crippen molar-refractivity contribution in [1.29, 1.82) is 0 Å². The van der Waals surface area contributed by atoms with Gasteiger partial charge in [0, 0.05) is 31.6 Å². The fourth-order valence-corrected chi connectivity index (χ4v) is 2.62. The summed E-state index contributed by atoms with van der Waals surface area (Å²) in [6, 6.07) is 0.874. The predicted molar refractivity (Wildman–Crippen MR) is 68.8 cm³/mol. The first-order valence-corrected chi connectivity index (χ1v) is 6.87. The monoisotopic (exact) mass is 239 g/mol. The molecule has 2 N–H and O–H groups in total. The number of nitrogens with one attached hydrogen (secondary N) is 2. The molecule has 0 aromatic rings. The zero-order valence-electron chi connectivity index (χ0n) is 11.0. The van der Waals surface area contributed by atoms with Crippen LogP contribution in [0.1, 0.15) is 26.2 Å². The first kappa shape index (κ1) is 12.8. The molecule has 4 nitrogen and oxygen atoms in total. The van der Waals surface area contributed by atoms with Gasteiger partial charge in [-0.2, -0.15) is 0 Å². The van der Waals surface area contributed by atoms with E-state index in [1.807, 2.05) is 14.0 Å². The highest BCUT2D eigenvalue weighted by Crippen LogP contribution is 2.31. The molecule has 17 heavy (non-hydrogen) atoms. The summed E-state index contributed by atoms with van der Waals surface area (Å²) in [7, 11) is 1.88. The first-order chi connectivity index (χ1) is 8.20. The van der Waals surface area contributed by atoms with Gasteiger partial charge in [0.05, 0.1) is 0 Å². The Labute approximate surface area is 104 Å².